The molecule has 2 N–H and O–H groups in total. The molecule has 0 saturated heterocycles. The number of halogens is 3. The summed E-state index contributed by atoms with van der Waals surface area (Å²) in [6.45, 7) is 0.617. The van der Waals surface area contributed by atoms with E-state index in [2.05, 4.69) is 0 Å². The highest BCUT2D eigenvalue weighted by molar-refractivity contribution is 5.48. The second kappa shape index (κ2) is 5.07. The lowest BCUT2D eigenvalue weighted by molar-refractivity contribution is -0.137. The van der Waals surface area contributed by atoms with Gasteiger partial charge < -0.3 is 10.5 Å². The monoisotopic (exact) mass is 293 g/mol. The number of benzene rings is 2. The third kappa shape index (κ3) is 2.61. The van der Waals surface area contributed by atoms with Crippen molar-refractivity contribution in [2.75, 3.05) is 6.61 Å². The van der Waals surface area contributed by atoms with Gasteiger partial charge in [-0.05, 0) is 23.3 Å². The van der Waals surface area contributed by atoms with Gasteiger partial charge in [0.25, 0.3) is 0 Å². The maximum atomic E-state index is 12.6. The van der Waals surface area contributed by atoms with Crippen LogP contribution >= 0.6 is 0 Å². The number of alkyl halides is 3. The van der Waals surface area contributed by atoms with E-state index in [9.17, 15) is 13.2 Å². The molecule has 2 nitrogen and oxygen atoms in total. The van der Waals surface area contributed by atoms with E-state index in [4.69, 9.17) is 10.5 Å². The van der Waals surface area contributed by atoms with E-state index in [1.54, 1.807) is 0 Å². The van der Waals surface area contributed by atoms with E-state index in [1.165, 1.54) is 12.1 Å². The highest BCUT2D eigenvalue weighted by atomic mass is 19.4. The number of rotatable bonds is 2. The minimum absolute atomic E-state index is 0.500. The zero-order chi connectivity index (χ0) is 15.0. The molecule has 0 spiro atoms. The molecule has 3 rings (SSSR count). The molecule has 0 aliphatic carbocycles. The lowest BCUT2D eigenvalue weighted by Gasteiger charge is -2.16. The third-order valence-corrected chi connectivity index (χ3v) is 3.68. The van der Waals surface area contributed by atoms with Gasteiger partial charge in [0, 0.05) is 12.0 Å². The molecule has 21 heavy (non-hydrogen) atoms. The molecule has 5 heteroatoms. The van der Waals surface area contributed by atoms with E-state index in [1.807, 2.05) is 18.2 Å². The van der Waals surface area contributed by atoms with Crippen LogP contribution in [-0.4, -0.2) is 6.61 Å². The normalized spacial score (nSPS) is 15.4. The van der Waals surface area contributed by atoms with Gasteiger partial charge in [-0.25, -0.2) is 0 Å². The number of nitrogens with two attached hydrogens (primary N) is 1. The van der Waals surface area contributed by atoms with Gasteiger partial charge in [0.05, 0.1) is 18.2 Å². The Morgan fingerprint density at radius 3 is 2.43 bits per heavy atom. The van der Waals surface area contributed by atoms with E-state index in [-0.39, 0.29) is 0 Å². The second-order valence-electron chi connectivity index (χ2n) is 5.03. The SMILES string of the molecule is NC(c1ccc(C(F)(F)F)cc1)c1cccc2c1OCC2. The number of hydrogen-bond donors (Lipinski definition) is 1. The number of ether oxygens (including phenoxy) is 1. The Balaban J connectivity index is 1.93. The summed E-state index contributed by atoms with van der Waals surface area (Å²) in [7, 11) is 0. The van der Waals surface area contributed by atoms with Gasteiger partial charge in [-0.15, -0.1) is 0 Å². The average molecular weight is 293 g/mol. The summed E-state index contributed by atoms with van der Waals surface area (Å²) in [6.07, 6.45) is -3.50. The number of hydrogen-bond acceptors (Lipinski definition) is 2. The Kier molecular flexibility index (Phi) is 3.37. The molecule has 1 aliphatic rings. The molecule has 2 aromatic carbocycles. The van der Waals surface area contributed by atoms with Crippen molar-refractivity contribution in [3.8, 4) is 5.75 Å². The zero-order valence-electron chi connectivity index (χ0n) is 11.2. The van der Waals surface area contributed by atoms with Gasteiger partial charge in [0.15, 0.2) is 0 Å². The first kappa shape index (κ1) is 13.9. The minimum Gasteiger partial charge on any atom is -0.493 e. The molecular weight excluding hydrogens is 279 g/mol. The van der Waals surface area contributed by atoms with Crippen molar-refractivity contribution in [3.63, 3.8) is 0 Å². The predicted molar refractivity (Wildman–Crippen MR) is 73.1 cm³/mol. The highest BCUT2D eigenvalue weighted by Crippen LogP contribution is 2.36. The van der Waals surface area contributed by atoms with Gasteiger partial charge in [0.1, 0.15) is 5.75 Å². The average Bonchev–Trinajstić information content (AvgIpc) is 2.94. The van der Waals surface area contributed by atoms with Gasteiger partial charge >= 0.3 is 6.18 Å². The molecule has 1 heterocycles. The van der Waals surface area contributed by atoms with Crippen molar-refractivity contribution < 1.29 is 17.9 Å². The summed E-state index contributed by atoms with van der Waals surface area (Å²) in [5.74, 6) is 0.768. The van der Waals surface area contributed by atoms with Crippen LogP contribution in [0.4, 0.5) is 13.2 Å². The van der Waals surface area contributed by atoms with Crippen LogP contribution in [0.15, 0.2) is 42.5 Å². The van der Waals surface area contributed by atoms with Crippen molar-refractivity contribution in [1.29, 1.82) is 0 Å². The Morgan fingerprint density at radius 2 is 1.76 bits per heavy atom. The van der Waals surface area contributed by atoms with E-state index < -0.39 is 17.8 Å². The molecule has 0 aromatic heterocycles. The van der Waals surface area contributed by atoms with Crippen molar-refractivity contribution in [2.45, 2.75) is 18.6 Å². The standard InChI is InChI=1S/C16H14F3NO/c17-16(18,19)12-6-4-10(5-7-12)14(20)13-3-1-2-11-8-9-21-15(11)13/h1-7,14H,8-9,20H2. The van der Waals surface area contributed by atoms with E-state index >= 15 is 0 Å². The maximum Gasteiger partial charge on any atom is 0.416 e. The topological polar surface area (TPSA) is 35.2 Å². The number of fused-ring (bicyclic) bond motifs is 1. The quantitative estimate of drug-likeness (QED) is 0.916. The Bertz CT molecular complexity index is 650. The molecule has 2 aromatic rings. The van der Waals surface area contributed by atoms with Crippen LogP contribution < -0.4 is 10.5 Å². The molecule has 0 bridgehead atoms. The van der Waals surface area contributed by atoms with Crippen LogP contribution in [0.1, 0.15) is 28.3 Å². The summed E-state index contributed by atoms with van der Waals surface area (Å²) >= 11 is 0. The molecule has 0 fully saturated rings. The van der Waals surface area contributed by atoms with E-state index in [0.717, 1.165) is 35.4 Å². The molecule has 0 radical (unpaired) electrons. The molecule has 110 valence electrons. The highest BCUT2D eigenvalue weighted by Gasteiger charge is 2.30. The first-order valence-electron chi connectivity index (χ1n) is 6.64. The largest absolute Gasteiger partial charge is 0.493 e. The van der Waals surface area contributed by atoms with Gasteiger partial charge in [-0.3, -0.25) is 0 Å². The van der Waals surface area contributed by atoms with Crippen molar-refractivity contribution in [2.24, 2.45) is 5.73 Å². The van der Waals surface area contributed by atoms with Gasteiger partial charge in [-0.1, -0.05) is 30.3 Å². The van der Waals surface area contributed by atoms with Crippen LogP contribution in [-0.2, 0) is 12.6 Å². The fourth-order valence-electron chi connectivity index (χ4n) is 2.54. The Hall–Kier alpha value is -2.01. The maximum absolute atomic E-state index is 12.6. The Labute approximate surface area is 120 Å². The summed E-state index contributed by atoms with van der Waals surface area (Å²) in [5, 5.41) is 0. The van der Waals surface area contributed by atoms with Crippen LogP contribution in [0, 0.1) is 0 Å². The molecule has 1 unspecified atom stereocenters. The summed E-state index contributed by atoms with van der Waals surface area (Å²) in [6, 6.07) is 10.2. The zero-order valence-corrected chi connectivity index (χ0v) is 11.2. The minimum atomic E-state index is -4.33. The van der Waals surface area contributed by atoms with Crippen molar-refractivity contribution in [1.82, 2.24) is 0 Å². The lowest BCUT2D eigenvalue weighted by Crippen LogP contribution is -2.13. The lowest BCUT2D eigenvalue weighted by atomic mass is 9.96. The van der Waals surface area contributed by atoms with E-state index in [0.29, 0.717) is 12.2 Å². The first-order chi connectivity index (χ1) is 9.97. The van der Waals surface area contributed by atoms with Crippen LogP contribution in [0.3, 0.4) is 0 Å². The first-order valence-corrected chi connectivity index (χ1v) is 6.64. The molecule has 1 atom stereocenters. The summed E-state index contributed by atoms with van der Waals surface area (Å²) in [5.41, 5.74) is 8.05. The molecule has 1 aliphatic heterocycles. The summed E-state index contributed by atoms with van der Waals surface area (Å²) < 4.78 is 43.3. The van der Waals surface area contributed by atoms with Gasteiger partial charge in [-0.2, -0.15) is 13.2 Å². The van der Waals surface area contributed by atoms with Crippen molar-refractivity contribution in [3.05, 3.63) is 64.7 Å². The smallest absolute Gasteiger partial charge is 0.416 e. The Morgan fingerprint density at radius 1 is 1.05 bits per heavy atom. The molecule has 0 saturated carbocycles. The van der Waals surface area contributed by atoms with Gasteiger partial charge in [0.2, 0.25) is 0 Å². The third-order valence-electron chi connectivity index (χ3n) is 3.68. The van der Waals surface area contributed by atoms with Crippen LogP contribution in [0.5, 0.6) is 5.75 Å². The van der Waals surface area contributed by atoms with Crippen LogP contribution in [0.2, 0.25) is 0 Å². The predicted octanol–water partition coefficient (Wildman–Crippen LogP) is 3.69. The summed E-state index contributed by atoms with van der Waals surface area (Å²) in [4.78, 5) is 0. The molecular formula is C16H14F3NO. The molecule has 0 amide bonds. The fourth-order valence-corrected chi connectivity index (χ4v) is 2.54. The van der Waals surface area contributed by atoms with Crippen molar-refractivity contribution >= 4 is 0 Å². The van der Waals surface area contributed by atoms with Crippen LogP contribution in [0.25, 0.3) is 0 Å². The number of para-hydroxylation sites is 1. The second-order valence-corrected chi connectivity index (χ2v) is 5.03. The fraction of sp³-hybridized carbons (Fsp3) is 0.250.